The predicted molar refractivity (Wildman–Crippen MR) is 59.5 cm³/mol. The molecule has 0 N–H and O–H groups in total. The van der Waals surface area contributed by atoms with Gasteiger partial charge < -0.3 is 0 Å². The lowest BCUT2D eigenvalue weighted by Gasteiger charge is -2.20. The fraction of sp³-hybridized carbons (Fsp3) is 0.778. The average Bonchev–Trinajstić information content (AvgIpc) is 1.82. The van der Waals surface area contributed by atoms with Crippen molar-refractivity contribution in [1.82, 2.24) is 0 Å². The standard InChI is InChI=1S/C9H20SSi/c1-7-8(2)9(3)10-11(4,5)6/h8H,3,7H2,1-2,4-6H3. The first kappa shape index (κ1) is 11.3. The summed E-state index contributed by atoms with van der Waals surface area (Å²) >= 11 is 2.03. The van der Waals surface area contributed by atoms with Crippen LogP contribution in [-0.4, -0.2) is 7.22 Å². The summed E-state index contributed by atoms with van der Waals surface area (Å²) < 4.78 is 0. The van der Waals surface area contributed by atoms with Gasteiger partial charge in [0.25, 0.3) is 0 Å². The number of hydrogen-bond acceptors (Lipinski definition) is 1. The summed E-state index contributed by atoms with van der Waals surface area (Å²) in [6, 6.07) is 0. The zero-order valence-electron chi connectivity index (χ0n) is 8.40. The van der Waals surface area contributed by atoms with Crippen molar-refractivity contribution in [3.8, 4) is 0 Å². The van der Waals surface area contributed by atoms with Crippen molar-refractivity contribution in [2.45, 2.75) is 39.9 Å². The third kappa shape index (κ3) is 5.56. The molecule has 0 aliphatic heterocycles. The molecular formula is C9H20SSi. The van der Waals surface area contributed by atoms with Gasteiger partial charge in [-0.3, -0.25) is 0 Å². The Bertz CT molecular complexity index is 135. The summed E-state index contributed by atoms with van der Waals surface area (Å²) in [6.07, 6.45) is 1.22. The Morgan fingerprint density at radius 1 is 1.45 bits per heavy atom. The van der Waals surface area contributed by atoms with E-state index in [9.17, 15) is 0 Å². The van der Waals surface area contributed by atoms with E-state index >= 15 is 0 Å². The third-order valence-corrected chi connectivity index (χ3v) is 5.50. The summed E-state index contributed by atoms with van der Waals surface area (Å²) in [5.41, 5.74) is 0. The molecule has 0 bridgehead atoms. The van der Waals surface area contributed by atoms with Crippen molar-refractivity contribution in [1.29, 1.82) is 0 Å². The molecule has 0 fully saturated rings. The van der Waals surface area contributed by atoms with Gasteiger partial charge in [-0.05, 0) is 17.2 Å². The molecule has 1 unspecified atom stereocenters. The Balaban J connectivity index is 3.88. The van der Waals surface area contributed by atoms with Gasteiger partial charge in [0.15, 0.2) is 0 Å². The Morgan fingerprint density at radius 3 is 2.18 bits per heavy atom. The molecule has 0 heterocycles. The van der Waals surface area contributed by atoms with Gasteiger partial charge in [0.1, 0.15) is 7.22 Å². The first-order valence-corrected chi connectivity index (χ1v) is 9.28. The average molecular weight is 188 g/mol. The molecule has 11 heavy (non-hydrogen) atoms. The Labute approximate surface area is 76.1 Å². The molecule has 0 radical (unpaired) electrons. The zero-order chi connectivity index (χ0) is 9.07. The largest absolute Gasteiger partial charge is 0.156 e. The van der Waals surface area contributed by atoms with Crippen molar-refractivity contribution < 1.29 is 0 Å². The maximum Gasteiger partial charge on any atom is 0.114 e. The Morgan fingerprint density at radius 2 is 1.91 bits per heavy atom. The number of hydrogen-bond donors (Lipinski definition) is 0. The molecule has 0 aromatic carbocycles. The number of rotatable bonds is 4. The molecular weight excluding hydrogens is 168 g/mol. The molecule has 0 amide bonds. The molecule has 0 saturated carbocycles. The van der Waals surface area contributed by atoms with Gasteiger partial charge in [-0.25, -0.2) is 0 Å². The molecule has 2 heteroatoms. The van der Waals surface area contributed by atoms with Gasteiger partial charge >= 0.3 is 0 Å². The Kier molecular flexibility index (Phi) is 4.48. The van der Waals surface area contributed by atoms with E-state index in [4.69, 9.17) is 0 Å². The molecule has 0 spiro atoms. The highest BCUT2D eigenvalue weighted by Crippen LogP contribution is 2.32. The van der Waals surface area contributed by atoms with Crippen LogP contribution in [0.2, 0.25) is 19.6 Å². The minimum atomic E-state index is -0.982. The fourth-order valence-electron chi connectivity index (χ4n) is 0.722. The molecule has 0 nitrogen and oxygen atoms in total. The normalized spacial score (nSPS) is 14.6. The van der Waals surface area contributed by atoms with E-state index in [2.05, 4.69) is 40.1 Å². The fourth-order valence-corrected chi connectivity index (χ4v) is 4.84. The molecule has 66 valence electrons. The predicted octanol–water partition coefficient (Wildman–Crippen LogP) is 4.11. The minimum Gasteiger partial charge on any atom is -0.156 e. The van der Waals surface area contributed by atoms with E-state index in [0.29, 0.717) is 5.92 Å². The lowest BCUT2D eigenvalue weighted by atomic mass is 10.1. The van der Waals surface area contributed by atoms with E-state index < -0.39 is 7.22 Å². The molecule has 0 aromatic rings. The van der Waals surface area contributed by atoms with E-state index in [-0.39, 0.29) is 0 Å². The molecule has 0 aromatic heterocycles. The van der Waals surface area contributed by atoms with Gasteiger partial charge in [0.2, 0.25) is 0 Å². The highest BCUT2D eigenvalue weighted by molar-refractivity contribution is 8.31. The molecule has 0 rings (SSSR count). The second-order valence-electron chi connectivity index (χ2n) is 3.99. The quantitative estimate of drug-likeness (QED) is 0.598. The molecule has 0 aliphatic rings. The summed E-state index contributed by atoms with van der Waals surface area (Å²) in [4.78, 5) is 1.38. The van der Waals surface area contributed by atoms with Crippen molar-refractivity contribution >= 4 is 18.4 Å². The van der Waals surface area contributed by atoms with E-state index in [1.54, 1.807) is 0 Å². The second-order valence-corrected chi connectivity index (χ2v) is 13.2. The lowest BCUT2D eigenvalue weighted by Crippen LogP contribution is -2.15. The van der Waals surface area contributed by atoms with E-state index in [0.717, 1.165) is 0 Å². The van der Waals surface area contributed by atoms with Crippen molar-refractivity contribution in [3.05, 3.63) is 11.5 Å². The van der Waals surface area contributed by atoms with Crippen LogP contribution in [0.4, 0.5) is 0 Å². The monoisotopic (exact) mass is 188 g/mol. The van der Waals surface area contributed by atoms with Crippen molar-refractivity contribution in [2.75, 3.05) is 0 Å². The van der Waals surface area contributed by atoms with Gasteiger partial charge in [0.05, 0.1) is 0 Å². The van der Waals surface area contributed by atoms with E-state index in [1.165, 1.54) is 11.3 Å². The minimum absolute atomic E-state index is 0.687. The van der Waals surface area contributed by atoms with Gasteiger partial charge in [0, 0.05) is 0 Å². The Hall–Kier alpha value is 0.307. The maximum absolute atomic E-state index is 4.11. The first-order chi connectivity index (χ1) is 4.87. The van der Waals surface area contributed by atoms with Crippen LogP contribution in [0.25, 0.3) is 0 Å². The molecule has 0 saturated heterocycles. The first-order valence-electron chi connectivity index (χ1n) is 4.24. The van der Waals surface area contributed by atoms with Gasteiger partial charge in [-0.15, -0.1) is 0 Å². The topological polar surface area (TPSA) is 0 Å². The van der Waals surface area contributed by atoms with Crippen LogP contribution < -0.4 is 0 Å². The van der Waals surface area contributed by atoms with Crippen LogP contribution in [-0.2, 0) is 0 Å². The van der Waals surface area contributed by atoms with Crippen molar-refractivity contribution in [3.63, 3.8) is 0 Å². The van der Waals surface area contributed by atoms with Gasteiger partial charge in [-0.2, -0.15) is 11.2 Å². The lowest BCUT2D eigenvalue weighted by molar-refractivity contribution is 0.690. The van der Waals surface area contributed by atoms with Crippen molar-refractivity contribution in [2.24, 2.45) is 5.92 Å². The SMILES string of the molecule is C=C(S[Si](C)(C)C)C(C)CC. The summed E-state index contributed by atoms with van der Waals surface area (Å²) in [7, 11) is -0.982. The highest BCUT2D eigenvalue weighted by Gasteiger charge is 2.17. The maximum atomic E-state index is 4.11. The number of allylic oxidation sites excluding steroid dienone is 1. The summed E-state index contributed by atoms with van der Waals surface area (Å²) in [5.74, 6) is 0.687. The van der Waals surface area contributed by atoms with Crippen LogP contribution in [0, 0.1) is 5.92 Å². The van der Waals surface area contributed by atoms with Crippen LogP contribution in [0.5, 0.6) is 0 Å². The summed E-state index contributed by atoms with van der Waals surface area (Å²) in [6.45, 7) is 15.7. The van der Waals surface area contributed by atoms with Crippen LogP contribution >= 0.6 is 11.2 Å². The summed E-state index contributed by atoms with van der Waals surface area (Å²) in [5, 5.41) is 0. The second kappa shape index (κ2) is 4.36. The molecule has 1 atom stereocenters. The van der Waals surface area contributed by atoms with Gasteiger partial charge in [-0.1, -0.05) is 40.1 Å². The molecule has 0 aliphatic carbocycles. The van der Waals surface area contributed by atoms with Crippen LogP contribution in [0.1, 0.15) is 20.3 Å². The third-order valence-electron chi connectivity index (χ3n) is 1.60. The van der Waals surface area contributed by atoms with E-state index in [1.807, 2.05) is 11.2 Å². The van der Waals surface area contributed by atoms with Crippen LogP contribution in [0.3, 0.4) is 0 Å². The highest BCUT2D eigenvalue weighted by atomic mass is 32.4. The zero-order valence-corrected chi connectivity index (χ0v) is 10.2. The smallest absolute Gasteiger partial charge is 0.114 e. The van der Waals surface area contributed by atoms with Crippen LogP contribution in [0.15, 0.2) is 11.5 Å².